The fraction of sp³-hybridized carbons (Fsp3) is 0.515. The highest BCUT2D eigenvalue weighted by Crippen LogP contribution is 2.37. The Balaban J connectivity index is 0.000000293. The van der Waals surface area contributed by atoms with Crippen LogP contribution >= 0.6 is 11.3 Å². The van der Waals surface area contributed by atoms with Gasteiger partial charge in [0.2, 0.25) is 0 Å². The fourth-order valence-corrected chi connectivity index (χ4v) is 7.54. The number of hydrogen-bond acceptors (Lipinski definition) is 8. The molecule has 0 amide bonds. The molecular weight excluding hydrogens is 587 g/mol. The summed E-state index contributed by atoms with van der Waals surface area (Å²) >= 11 is 1.65. The molecule has 4 rings (SSSR count). The molecule has 238 valence electrons. The molecule has 2 aromatic heterocycles. The number of allylic oxidation sites excluding steroid dienone is 4. The van der Waals surface area contributed by atoms with Crippen molar-refractivity contribution in [3.8, 4) is 0 Å². The number of hydrogen-bond donors (Lipinski definition) is 3. The van der Waals surface area contributed by atoms with Crippen molar-refractivity contribution in [1.82, 2.24) is 20.6 Å². The molecule has 43 heavy (non-hydrogen) atoms. The zero-order valence-electron chi connectivity index (χ0n) is 27.3. The number of rotatable bonds is 8. The van der Waals surface area contributed by atoms with Gasteiger partial charge in [-0.25, -0.2) is 4.98 Å². The van der Waals surface area contributed by atoms with Gasteiger partial charge in [0.05, 0.1) is 29.8 Å². The summed E-state index contributed by atoms with van der Waals surface area (Å²) in [6.45, 7) is 24.9. The second kappa shape index (κ2) is 14.6. The van der Waals surface area contributed by atoms with Crippen molar-refractivity contribution >= 4 is 39.1 Å². The number of dihydropyridines is 2. The standard InChI is InChI=1S/C17H26N2OSi.C15H25N3OSSi.CH4/c1-13-7-8-14(12-19-13)16-11-15(9-10-18-16)17(2,3)20-21(4,5)6;1-15(2,3)21(4,5)19-9-14-18-12(10-20-14)11-6-7-13(16)17-8-11;/h7-13,19H,1-6H3;6-8,10,13,17H,9,16H2,1-5H3;1H4. The average Bonchev–Trinajstić information content (AvgIpc) is 3.36. The van der Waals surface area contributed by atoms with Gasteiger partial charge in [-0.15, -0.1) is 11.3 Å². The van der Waals surface area contributed by atoms with Gasteiger partial charge in [-0.05, 0) is 82.3 Å². The molecule has 0 aromatic carbocycles. The summed E-state index contributed by atoms with van der Waals surface area (Å²) in [5, 5.41) is 9.72. The summed E-state index contributed by atoms with van der Waals surface area (Å²) in [5.41, 5.74) is 10.8. The number of pyridine rings is 1. The van der Waals surface area contributed by atoms with Crippen LogP contribution in [0.1, 0.15) is 70.9 Å². The van der Waals surface area contributed by atoms with Crippen LogP contribution < -0.4 is 16.4 Å². The Bertz CT molecular complexity index is 1330. The predicted molar refractivity (Wildman–Crippen MR) is 190 cm³/mol. The highest BCUT2D eigenvalue weighted by Gasteiger charge is 2.37. The first-order valence-electron chi connectivity index (χ1n) is 14.7. The molecule has 0 radical (unpaired) electrons. The Morgan fingerprint density at radius 3 is 2.14 bits per heavy atom. The number of nitrogens with two attached hydrogens (primary N) is 1. The third kappa shape index (κ3) is 11.0. The fourth-order valence-electron chi connectivity index (χ4n) is 4.14. The van der Waals surface area contributed by atoms with Gasteiger partial charge >= 0.3 is 0 Å². The minimum Gasteiger partial charge on any atom is -0.410 e. The topological polar surface area (TPSA) is 94.3 Å². The molecule has 4 heterocycles. The molecule has 0 saturated heterocycles. The van der Waals surface area contributed by atoms with E-state index in [1.165, 1.54) is 5.56 Å². The minimum atomic E-state index is -1.72. The monoisotopic (exact) mass is 641 g/mol. The van der Waals surface area contributed by atoms with Crippen molar-refractivity contribution in [3.63, 3.8) is 0 Å². The van der Waals surface area contributed by atoms with Crippen molar-refractivity contribution in [1.29, 1.82) is 0 Å². The molecule has 2 aliphatic heterocycles. The summed E-state index contributed by atoms with van der Waals surface area (Å²) in [5.74, 6) is 0. The molecule has 2 aliphatic rings. The highest BCUT2D eigenvalue weighted by atomic mass is 32.1. The Morgan fingerprint density at radius 2 is 1.58 bits per heavy atom. The lowest BCUT2D eigenvalue weighted by molar-refractivity contribution is 0.0999. The number of nitrogens with one attached hydrogen (secondary N) is 2. The Morgan fingerprint density at radius 1 is 0.953 bits per heavy atom. The van der Waals surface area contributed by atoms with E-state index in [-0.39, 0.29) is 24.2 Å². The zero-order chi connectivity index (χ0) is 31.3. The maximum atomic E-state index is 6.33. The zero-order valence-corrected chi connectivity index (χ0v) is 30.1. The lowest BCUT2D eigenvalue weighted by Crippen LogP contribution is -2.40. The Hall–Kier alpha value is -2.35. The summed E-state index contributed by atoms with van der Waals surface area (Å²) in [6.07, 6.45) is 13.9. The molecule has 2 atom stereocenters. The van der Waals surface area contributed by atoms with E-state index in [1.54, 1.807) is 11.3 Å². The van der Waals surface area contributed by atoms with Crippen LogP contribution in [0.5, 0.6) is 0 Å². The van der Waals surface area contributed by atoms with Gasteiger partial charge in [0.1, 0.15) is 5.01 Å². The Kier molecular flexibility index (Phi) is 12.5. The van der Waals surface area contributed by atoms with Gasteiger partial charge in [-0.1, -0.05) is 46.4 Å². The molecular formula is C33H55N5O2SSi2. The molecule has 2 unspecified atom stereocenters. The first-order valence-corrected chi connectivity index (χ1v) is 21.9. The molecule has 0 aliphatic carbocycles. The van der Waals surface area contributed by atoms with Crippen molar-refractivity contribution in [2.24, 2.45) is 5.73 Å². The second-order valence-electron chi connectivity index (χ2n) is 13.9. The normalized spacial score (nSPS) is 18.8. The Labute approximate surface area is 267 Å². The van der Waals surface area contributed by atoms with Crippen molar-refractivity contribution in [3.05, 3.63) is 82.4 Å². The third-order valence-electron chi connectivity index (χ3n) is 7.50. The van der Waals surface area contributed by atoms with E-state index in [9.17, 15) is 0 Å². The lowest BCUT2D eigenvalue weighted by atomic mass is 9.97. The molecule has 10 heteroatoms. The molecule has 4 N–H and O–H groups in total. The average molecular weight is 642 g/mol. The predicted octanol–water partition coefficient (Wildman–Crippen LogP) is 8.14. The van der Waals surface area contributed by atoms with Crippen LogP contribution in [-0.4, -0.2) is 38.8 Å². The largest absolute Gasteiger partial charge is 0.410 e. The summed E-state index contributed by atoms with van der Waals surface area (Å²) < 4.78 is 12.5. The van der Waals surface area contributed by atoms with Gasteiger partial charge in [0, 0.05) is 41.2 Å². The smallest absolute Gasteiger partial charge is 0.192 e. The van der Waals surface area contributed by atoms with Gasteiger partial charge in [0.15, 0.2) is 16.6 Å². The van der Waals surface area contributed by atoms with Crippen molar-refractivity contribution in [2.45, 2.75) is 111 Å². The van der Waals surface area contributed by atoms with Crippen LogP contribution in [-0.2, 0) is 21.1 Å². The maximum Gasteiger partial charge on any atom is 0.192 e. The van der Waals surface area contributed by atoms with E-state index >= 15 is 0 Å². The van der Waals surface area contributed by atoms with Crippen LogP contribution in [0.4, 0.5) is 0 Å². The first-order chi connectivity index (χ1) is 19.4. The van der Waals surface area contributed by atoms with Crippen LogP contribution in [0.25, 0.3) is 11.1 Å². The van der Waals surface area contributed by atoms with Crippen molar-refractivity contribution < 1.29 is 8.85 Å². The first kappa shape index (κ1) is 36.8. The summed E-state index contributed by atoms with van der Waals surface area (Å²) in [6, 6.07) is 4.56. The number of nitrogens with zero attached hydrogens (tertiary/aromatic N) is 2. The van der Waals surface area contributed by atoms with Crippen LogP contribution in [0.3, 0.4) is 0 Å². The summed E-state index contributed by atoms with van der Waals surface area (Å²) in [4.78, 5) is 9.15. The highest BCUT2D eigenvalue weighted by molar-refractivity contribution is 7.09. The second-order valence-corrected chi connectivity index (χ2v) is 24.1. The molecule has 2 aromatic rings. The van der Waals surface area contributed by atoms with E-state index in [4.69, 9.17) is 14.6 Å². The molecule has 0 bridgehead atoms. The van der Waals surface area contributed by atoms with Gasteiger partial charge in [0.25, 0.3) is 0 Å². The van der Waals surface area contributed by atoms with Gasteiger partial charge in [-0.2, -0.15) is 0 Å². The van der Waals surface area contributed by atoms with Crippen molar-refractivity contribution in [2.75, 3.05) is 0 Å². The molecule has 0 spiro atoms. The maximum absolute atomic E-state index is 6.33. The van der Waals surface area contributed by atoms with Gasteiger partial charge in [-0.3, -0.25) is 4.98 Å². The quantitative estimate of drug-likeness (QED) is 0.251. The number of thiazole rings is 1. The van der Waals surface area contributed by atoms with Crippen LogP contribution in [0.2, 0.25) is 37.8 Å². The van der Waals surface area contributed by atoms with Crippen LogP contribution in [0, 0.1) is 0 Å². The lowest BCUT2D eigenvalue weighted by Gasteiger charge is -2.35. The van der Waals surface area contributed by atoms with E-state index in [1.807, 2.05) is 36.8 Å². The van der Waals surface area contributed by atoms with Crippen LogP contribution in [0.15, 0.2) is 60.4 Å². The molecule has 7 nitrogen and oxygen atoms in total. The molecule has 0 saturated carbocycles. The van der Waals surface area contributed by atoms with E-state index < -0.39 is 16.6 Å². The van der Waals surface area contributed by atoms with E-state index in [0.717, 1.165) is 27.5 Å². The van der Waals surface area contributed by atoms with E-state index in [0.29, 0.717) is 12.6 Å². The number of aromatic nitrogens is 2. The SMILES string of the molecule is C.CC(C)(C)[Si](C)(C)OCc1nc(C2=CNC(N)C=C2)cs1.CC1C=CC(c2cc(C(C)(C)O[Si](C)(C)C)ccn2)=CN1. The minimum absolute atomic E-state index is 0. The molecule has 0 fully saturated rings. The summed E-state index contributed by atoms with van der Waals surface area (Å²) in [7, 11) is -3.32. The van der Waals surface area contributed by atoms with Gasteiger partial charge < -0.3 is 25.2 Å². The van der Waals surface area contributed by atoms with E-state index in [2.05, 4.69) is 118 Å². The third-order valence-corrected chi connectivity index (χ3v) is 13.9.